The number of rotatable bonds is 1. The van der Waals surface area contributed by atoms with Gasteiger partial charge < -0.3 is 4.89 Å². The molecule has 0 radical (unpaired) electrons. The molecule has 3 heteroatoms. The molecule has 0 N–H and O–H groups in total. The van der Waals surface area contributed by atoms with Gasteiger partial charge in [0.2, 0.25) is 0 Å². The predicted octanol–water partition coefficient (Wildman–Crippen LogP) is 1.58. The average Bonchev–Trinajstić information content (AvgIpc) is 2.51. The van der Waals surface area contributed by atoms with Crippen LogP contribution < -0.4 is 4.89 Å². The molecule has 3 nitrogen and oxygen atoms in total. The van der Waals surface area contributed by atoms with Gasteiger partial charge in [0.05, 0.1) is 12.5 Å². The fourth-order valence-corrected chi connectivity index (χ4v) is 1.15. The van der Waals surface area contributed by atoms with E-state index in [1.165, 1.54) is 0 Å². The third-order valence-corrected chi connectivity index (χ3v) is 1.78. The first-order valence-corrected chi connectivity index (χ1v) is 3.68. The molecule has 0 fully saturated rings. The minimum atomic E-state index is 0.413. The van der Waals surface area contributed by atoms with E-state index in [2.05, 4.69) is 6.07 Å². The van der Waals surface area contributed by atoms with Crippen LogP contribution in [0.4, 0.5) is 0 Å². The Labute approximate surface area is 70.1 Å². The van der Waals surface area contributed by atoms with Gasteiger partial charge in [0.1, 0.15) is 6.61 Å². The van der Waals surface area contributed by atoms with Crippen molar-refractivity contribution in [2.24, 2.45) is 0 Å². The molecule has 60 valence electrons. The van der Waals surface area contributed by atoms with Crippen molar-refractivity contribution in [3.63, 3.8) is 0 Å². The number of hydrogen-bond acceptors (Lipinski definition) is 3. The standard InChI is InChI=1S/C9H7NO2/c10-4-3-7-1-2-8-6-11-12-9(8)5-7/h1-2,5H,3,6H2. The maximum absolute atomic E-state index is 8.45. The Bertz CT molecular complexity index is 341. The van der Waals surface area contributed by atoms with E-state index in [4.69, 9.17) is 15.0 Å². The Kier molecular flexibility index (Phi) is 1.69. The first kappa shape index (κ1) is 7.14. The van der Waals surface area contributed by atoms with E-state index >= 15 is 0 Å². The summed E-state index contributed by atoms with van der Waals surface area (Å²) >= 11 is 0. The highest BCUT2D eigenvalue weighted by Crippen LogP contribution is 2.26. The van der Waals surface area contributed by atoms with Gasteiger partial charge >= 0.3 is 0 Å². The highest BCUT2D eigenvalue weighted by molar-refractivity contribution is 5.38. The van der Waals surface area contributed by atoms with E-state index in [1.807, 2.05) is 18.2 Å². The number of benzene rings is 1. The van der Waals surface area contributed by atoms with E-state index in [0.717, 1.165) is 16.9 Å². The van der Waals surface area contributed by atoms with Gasteiger partial charge in [0.25, 0.3) is 0 Å². The first-order chi connectivity index (χ1) is 5.90. The maximum Gasteiger partial charge on any atom is 0.171 e. The molecule has 1 aliphatic heterocycles. The van der Waals surface area contributed by atoms with Crippen LogP contribution in [0.5, 0.6) is 5.75 Å². The van der Waals surface area contributed by atoms with Crippen molar-refractivity contribution in [2.45, 2.75) is 13.0 Å². The summed E-state index contributed by atoms with van der Waals surface area (Å²) in [5.41, 5.74) is 2.00. The summed E-state index contributed by atoms with van der Waals surface area (Å²) in [4.78, 5) is 9.64. The molecule has 0 spiro atoms. The predicted molar refractivity (Wildman–Crippen MR) is 41.2 cm³/mol. The number of fused-ring (bicyclic) bond motifs is 1. The van der Waals surface area contributed by atoms with Gasteiger partial charge in [-0.25, -0.2) is 0 Å². The van der Waals surface area contributed by atoms with Crippen LogP contribution >= 0.6 is 0 Å². The molecule has 0 aliphatic carbocycles. The van der Waals surface area contributed by atoms with Gasteiger partial charge in [-0.2, -0.15) is 10.1 Å². The van der Waals surface area contributed by atoms with Crippen molar-refractivity contribution < 1.29 is 9.78 Å². The molecular formula is C9H7NO2. The minimum Gasteiger partial charge on any atom is -0.337 e. The minimum absolute atomic E-state index is 0.413. The molecular weight excluding hydrogens is 154 g/mol. The average molecular weight is 161 g/mol. The number of hydrogen-bond donors (Lipinski definition) is 0. The molecule has 1 heterocycles. The largest absolute Gasteiger partial charge is 0.337 e. The fourth-order valence-electron chi connectivity index (χ4n) is 1.15. The van der Waals surface area contributed by atoms with Crippen LogP contribution in [0.2, 0.25) is 0 Å². The van der Waals surface area contributed by atoms with Crippen molar-refractivity contribution in [3.05, 3.63) is 29.3 Å². The maximum atomic E-state index is 8.45. The van der Waals surface area contributed by atoms with E-state index in [9.17, 15) is 0 Å². The second kappa shape index (κ2) is 2.84. The van der Waals surface area contributed by atoms with Crippen LogP contribution in [0.1, 0.15) is 11.1 Å². The van der Waals surface area contributed by atoms with E-state index in [-0.39, 0.29) is 0 Å². The lowest BCUT2D eigenvalue weighted by Crippen LogP contribution is -1.84. The van der Waals surface area contributed by atoms with Crippen LogP contribution in [-0.2, 0) is 17.9 Å². The zero-order valence-corrected chi connectivity index (χ0v) is 6.41. The van der Waals surface area contributed by atoms with Gasteiger partial charge in [0.15, 0.2) is 5.75 Å². The Morgan fingerprint density at radius 1 is 1.50 bits per heavy atom. The third-order valence-electron chi connectivity index (χ3n) is 1.78. The van der Waals surface area contributed by atoms with Crippen LogP contribution in [0.25, 0.3) is 0 Å². The molecule has 1 aliphatic rings. The van der Waals surface area contributed by atoms with Crippen molar-refractivity contribution in [2.75, 3.05) is 0 Å². The molecule has 0 saturated carbocycles. The normalized spacial score (nSPS) is 13.2. The number of nitrogens with zero attached hydrogens (tertiary/aromatic N) is 1. The quantitative estimate of drug-likeness (QED) is 0.587. The molecule has 0 bridgehead atoms. The van der Waals surface area contributed by atoms with Crippen LogP contribution in [0.3, 0.4) is 0 Å². The summed E-state index contributed by atoms with van der Waals surface area (Å²) in [5, 5.41) is 8.45. The van der Waals surface area contributed by atoms with Crippen molar-refractivity contribution in [3.8, 4) is 11.8 Å². The topological polar surface area (TPSA) is 42.2 Å². The monoisotopic (exact) mass is 161 g/mol. The Morgan fingerprint density at radius 2 is 2.42 bits per heavy atom. The van der Waals surface area contributed by atoms with Gasteiger partial charge in [-0.15, -0.1) is 0 Å². The Morgan fingerprint density at radius 3 is 3.25 bits per heavy atom. The first-order valence-electron chi connectivity index (χ1n) is 3.68. The second-order valence-corrected chi connectivity index (χ2v) is 2.62. The molecule has 1 aromatic rings. The summed E-state index contributed by atoms with van der Waals surface area (Å²) in [6.45, 7) is 0.502. The summed E-state index contributed by atoms with van der Waals surface area (Å²) < 4.78 is 0. The van der Waals surface area contributed by atoms with Gasteiger partial charge in [-0.05, 0) is 11.6 Å². The van der Waals surface area contributed by atoms with Gasteiger partial charge in [-0.3, -0.25) is 0 Å². The summed E-state index contributed by atoms with van der Waals surface area (Å²) in [6.07, 6.45) is 0.413. The van der Waals surface area contributed by atoms with E-state index in [0.29, 0.717) is 13.0 Å². The lowest BCUT2D eigenvalue weighted by molar-refractivity contribution is -0.194. The highest BCUT2D eigenvalue weighted by Gasteiger charge is 2.13. The van der Waals surface area contributed by atoms with Crippen molar-refractivity contribution in [1.82, 2.24) is 0 Å². The molecule has 1 aromatic carbocycles. The second-order valence-electron chi connectivity index (χ2n) is 2.62. The molecule has 0 amide bonds. The molecule has 0 aromatic heterocycles. The third kappa shape index (κ3) is 1.13. The van der Waals surface area contributed by atoms with E-state index in [1.54, 1.807) is 0 Å². The molecule has 12 heavy (non-hydrogen) atoms. The SMILES string of the molecule is N#CCc1ccc2c(c1)OOC2. The smallest absolute Gasteiger partial charge is 0.171 e. The summed E-state index contributed by atoms with van der Waals surface area (Å²) in [7, 11) is 0. The fraction of sp³-hybridized carbons (Fsp3) is 0.222. The summed E-state index contributed by atoms with van der Waals surface area (Å²) in [5.74, 6) is 0.739. The van der Waals surface area contributed by atoms with Crippen LogP contribution in [0, 0.1) is 11.3 Å². The molecule has 0 saturated heterocycles. The Balaban J connectivity index is 2.34. The summed E-state index contributed by atoms with van der Waals surface area (Å²) in [6, 6.07) is 7.76. The van der Waals surface area contributed by atoms with Crippen LogP contribution in [0.15, 0.2) is 18.2 Å². The van der Waals surface area contributed by atoms with E-state index < -0.39 is 0 Å². The zero-order chi connectivity index (χ0) is 8.39. The van der Waals surface area contributed by atoms with Gasteiger partial charge in [-0.1, -0.05) is 12.1 Å². The number of nitriles is 1. The molecule has 0 unspecified atom stereocenters. The lowest BCUT2D eigenvalue weighted by atomic mass is 10.1. The van der Waals surface area contributed by atoms with Crippen LogP contribution in [-0.4, -0.2) is 0 Å². The lowest BCUT2D eigenvalue weighted by Gasteiger charge is -1.96. The van der Waals surface area contributed by atoms with Gasteiger partial charge in [0, 0.05) is 5.56 Å². The Hall–Kier alpha value is -1.53. The van der Waals surface area contributed by atoms with Crippen molar-refractivity contribution in [1.29, 1.82) is 5.26 Å². The zero-order valence-electron chi connectivity index (χ0n) is 6.41. The highest BCUT2D eigenvalue weighted by atomic mass is 17.2. The van der Waals surface area contributed by atoms with Crippen molar-refractivity contribution >= 4 is 0 Å². The molecule has 0 atom stereocenters. The molecule has 2 rings (SSSR count).